The second kappa shape index (κ2) is 5.72. The number of rotatable bonds is 5. The van der Waals surface area contributed by atoms with Crippen molar-refractivity contribution in [1.82, 2.24) is 0 Å². The lowest BCUT2D eigenvalue weighted by Crippen LogP contribution is -2.29. The van der Waals surface area contributed by atoms with Gasteiger partial charge in [-0.3, -0.25) is 4.72 Å². The van der Waals surface area contributed by atoms with Gasteiger partial charge < -0.3 is 9.47 Å². The molecule has 21 heavy (non-hydrogen) atoms. The average molecular weight is 335 g/mol. The lowest BCUT2D eigenvalue weighted by atomic mass is 10.3. The zero-order valence-electron chi connectivity index (χ0n) is 11.7. The lowest BCUT2D eigenvalue weighted by molar-refractivity contribution is 0.405. The maximum atomic E-state index is 12.3. The van der Waals surface area contributed by atoms with Gasteiger partial charge in [0.25, 0.3) is 0 Å². The lowest BCUT2D eigenvalue weighted by Gasteiger charge is -2.15. The van der Waals surface area contributed by atoms with E-state index in [1.54, 1.807) is 12.1 Å². The van der Waals surface area contributed by atoms with Crippen LogP contribution in [0.5, 0.6) is 11.5 Å². The van der Waals surface area contributed by atoms with Crippen molar-refractivity contribution in [3.05, 3.63) is 18.2 Å². The molecule has 0 aliphatic carbocycles. The Morgan fingerprint density at radius 3 is 2.48 bits per heavy atom. The Kier molecular flexibility index (Phi) is 4.33. The first-order valence-corrected chi connectivity index (χ1v) is 9.58. The van der Waals surface area contributed by atoms with Gasteiger partial charge in [0.05, 0.1) is 36.7 Å². The highest BCUT2D eigenvalue weighted by Crippen LogP contribution is 2.31. The molecule has 1 atom stereocenters. The number of methoxy groups -OCH3 is 2. The molecule has 0 radical (unpaired) electrons. The molecular weight excluding hydrogens is 318 g/mol. The molecule has 0 unspecified atom stereocenters. The van der Waals surface area contributed by atoms with Crippen molar-refractivity contribution in [3.63, 3.8) is 0 Å². The SMILES string of the molecule is COc1ccc(OC)c(NS(=O)(=O)[C@H]2CCS(=O)(=O)C2)c1. The van der Waals surface area contributed by atoms with Crippen LogP contribution >= 0.6 is 0 Å². The second-order valence-corrected chi connectivity index (χ2v) is 8.93. The molecule has 1 aromatic rings. The van der Waals surface area contributed by atoms with E-state index in [0.29, 0.717) is 11.5 Å². The molecular formula is C12H17NO6S2. The summed E-state index contributed by atoms with van der Waals surface area (Å²) < 4.78 is 60.0. The summed E-state index contributed by atoms with van der Waals surface area (Å²) in [4.78, 5) is 0. The highest BCUT2D eigenvalue weighted by atomic mass is 32.2. The molecule has 1 saturated heterocycles. The Morgan fingerprint density at radius 1 is 1.24 bits per heavy atom. The van der Waals surface area contributed by atoms with Crippen LogP contribution in [0.2, 0.25) is 0 Å². The van der Waals surface area contributed by atoms with E-state index in [1.165, 1.54) is 20.3 Å². The number of anilines is 1. The van der Waals surface area contributed by atoms with Crippen LogP contribution < -0.4 is 14.2 Å². The minimum atomic E-state index is -3.81. The van der Waals surface area contributed by atoms with Crippen LogP contribution in [0.15, 0.2) is 18.2 Å². The first-order valence-electron chi connectivity index (χ1n) is 6.21. The van der Waals surface area contributed by atoms with Gasteiger partial charge in [-0.25, -0.2) is 16.8 Å². The normalized spacial score (nSPS) is 21.0. The smallest absolute Gasteiger partial charge is 0.236 e. The summed E-state index contributed by atoms with van der Waals surface area (Å²) in [5.74, 6) is 0.343. The Hall–Kier alpha value is -1.48. The number of sulfonamides is 1. The molecule has 1 heterocycles. The molecule has 1 aromatic carbocycles. The van der Waals surface area contributed by atoms with Gasteiger partial charge in [-0.2, -0.15) is 0 Å². The molecule has 7 nitrogen and oxygen atoms in total. The zero-order chi connectivity index (χ0) is 15.7. The predicted molar refractivity (Wildman–Crippen MR) is 79.1 cm³/mol. The minimum absolute atomic E-state index is 0.101. The van der Waals surface area contributed by atoms with E-state index >= 15 is 0 Å². The molecule has 118 valence electrons. The number of benzene rings is 1. The molecule has 2 rings (SSSR count). The quantitative estimate of drug-likeness (QED) is 0.847. The van der Waals surface area contributed by atoms with E-state index in [9.17, 15) is 16.8 Å². The molecule has 0 saturated carbocycles. The fourth-order valence-electron chi connectivity index (χ4n) is 2.14. The summed E-state index contributed by atoms with van der Waals surface area (Å²) in [5, 5.41) is -0.946. The monoisotopic (exact) mass is 335 g/mol. The van der Waals surface area contributed by atoms with E-state index in [1.807, 2.05) is 0 Å². The summed E-state index contributed by atoms with van der Waals surface area (Å²) in [6.07, 6.45) is 0.101. The van der Waals surface area contributed by atoms with Crippen molar-refractivity contribution in [2.24, 2.45) is 0 Å². The van der Waals surface area contributed by atoms with Crippen LogP contribution in [-0.4, -0.2) is 47.8 Å². The number of hydrogen-bond donors (Lipinski definition) is 1. The highest BCUT2D eigenvalue weighted by molar-refractivity contribution is 7.97. The molecule has 0 aromatic heterocycles. The van der Waals surface area contributed by atoms with Gasteiger partial charge in [0.2, 0.25) is 10.0 Å². The van der Waals surface area contributed by atoms with Crippen molar-refractivity contribution >= 4 is 25.5 Å². The molecule has 9 heteroatoms. The molecule has 1 aliphatic heterocycles. The van der Waals surface area contributed by atoms with Gasteiger partial charge >= 0.3 is 0 Å². The summed E-state index contributed by atoms with van der Waals surface area (Å²) >= 11 is 0. The Labute approximate surface area is 124 Å². The number of sulfone groups is 1. The van der Waals surface area contributed by atoms with Gasteiger partial charge in [-0.15, -0.1) is 0 Å². The third kappa shape index (κ3) is 3.59. The minimum Gasteiger partial charge on any atom is -0.497 e. The summed E-state index contributed by atoms with van der Waals surface area (Å²) in [6.45, 7) is 0. The van der Waals surface area contributed by atoms with E-state index in [0.717, 1.165) is 0 Å². The van der Waals surface area contributed by atoms with Crippen molar-refractivity contribution in [3.8, 4) is 11.5 Å². The van der Waals surface area contributed by atoms with E-state index in [-0.39, 0.29) is 23.6 Å². The van der Waals surface area contributed by atoms with Gasteiger partial charge in [0, 0.05) is 6.07 Å². The van der Waals surface area contributed by atoms with Crippen molar-refractivity contribution in [2.75, 3.05) is 30.4 Å². The van der Waals surface area contributed by atoms with Crippen LogP contribution in [0.3, 0.4) is 0 Å². The molecule has 1 fully saturated rings. The zero-order valence-corrected chi connectivity index (χ0v) is 13.3. The van der Waals surface area contributed by atoms with Crippen molar-refractivity contribution in [1.29, 1.82) is 0 Å². The van der Waals surface area contributed by atoms with Crippen LogP contribution in [0.1, 0.15) is 6.42 Å². The first kappa shape index (κ1) is 15.9. The van der Waals surface area contributed by atoms with Gasteiger partial charge in [0.1, 0.15) is 11.5 Å². The molecule has 0 spiro atoms. The van der Waals surface area contributed by atoms with Crippen LogP contribution in [-0.2, 0) is 19.9 Å². The standard InChI is InChI=1S/C12H17NO6S2/c1-18-9-3-4-12(19-2)11(7-9)13-21(16,17)10-5-6-20(14,15)8-10/h3-4,7,10,13H,5-6,8H2,1-2H3/t10-/m0/s1. The van der Waals surface area contributed by atoms with Crippen molar-refractivity contribution in [2.45, 2.75) is 11.7 Å². The van der Waals surface area contributed by atoms with Crippen molar-refractivity contribution < 1.29 is 26.3 Å². The fraction of sp³-hybridized carbons (Fsp3) is 0.500. The van der Waals surface area contributed by atoms with Crippen LogP contribution in [0, 0.1) is 0 Å². The summed E-state index contributed by atoms with van der Waals surface area (Å²) in [5.41, 5.74) is 0.223. The van der Waals surface area contributed by atoms with Gasteiger partial charge in [-0.05, 0) is 18.6 Å². The van der Waals surface area contributed by atoms with Gasteiger partial charge in [-0.1, -0.05) is 0 Å². The molecule has 0 bridgehead atoms. The third-order valence-electron chi connectivity index (χ3n) is 3.29. The highest BCUT2D eigenvalue weighted by Gasteiger charge is 2.37. The number of nitrogens with one attached hydrogen (secondary N) is 1. The van der Waals surface area contributed by atoms with Gasteiger partial charge in [0.15, 0.2) is 9.84 Å². The topological polar surface area (TPSA) is 98.8 Å². The van der Waals surface area contributed by atoms with Crippen LogP contribution in [0.25, 0.3) is 0 Å². The Bertz CT molecular complexity index is 726. The first-order chi connectivity index (χ1) is 9.77. The largest absolute Gasteiger partial charge is 0.497 e. The maximum absolute atomic E-state index is 12.3. The maximum Gasteiger partial charge on any atom is 0.236 e. The Balaban J connectivity index is 2.28. The van der Waals surface area contributed by atoms with E-state index < -0.39 is 25.1 Å². The molecule has 1 aliphatic rings. The number of hydrogen-bond acceptors (Lipinski definition) is 6. The average Bonchev–Trinajstić information content (AvgIpc) is 2.79. The van der Waals surface area contributed by atoms with Crippen LogP contribution in [0.4, 0.5) is 5.69 Å². The Morgan fingerprint density at radius 2 is 1.95 bits per heavy atom. The number of ether oxygens (including phenoxy) is 2. The second-order valence-electron chi connectivity index (χ2n) is 4.74. The predicted octanol–water partition coefficient (Wildman–Crippen LogP) is 0.633. The van der Waals surface area contributed by atoms with E-state index in [2.05, 4.69) is 4.72 Å². The summed E-state index contributed by atoms with van der Waals surface area (Å²) in [7, 11) is -4.20. The molecule has 1 N–H and O–H groups in total. The fourth-order valence-corrected chi connectivity index (χ4v) is 6.23. The molecule has 0 amide bonds. The van der Waals surface area contributed by atoms with E-state index in [4.69, 9.17) is 9.47 Å². The third-order valence-corrected chi connectivity index (χ3v) is 7.05. The summed E-state index contributed by atoms with van der Waals surface area (Å²) in [6, 6.07) is 4.69.